The van der Waals surface area contributed by atoms with Crippen LogP contribution < -0.4 is 5.73 Å². The summed E-state index contributed by atoms with van der Waals surface area (Å²) in [5.41, 5.74) is 7.80. The van der Waals surface area contributed by atoms with Gasteiger partial charge in [-0.05, 0) is 30.5 Å². The first-order valence-electron chi connectivity index (χ1n) is 4.89. The zero-order valence-corrected chi connectivity index (χ0v) is 8.77. The van der Waals surface area contributed by atoms with Crippen LogP contribution in [0.3, 0.4) is 0 Å². The Kier molecular flexibility index (Phi) is 3.99. The molecular formula is C13H17N. The van der Waals surface area contributed by atoms with Crippen molar-refractivity contribution in [2.75, 3.05) is 5.73 Å². The molecule has 0 heterocycles. The van der Waals surface area contributed by atoms with Crippen molar-refractivity contribution in [2.45, 2.75) is 19.8 Å². The van der Waals surface area contributed by atoms with E-state index in [4.69, 9.17) is 5.73 Å². The van der Waals surface area contributed by atoms with E-state index in [1.807, 2.05) is 37.3 Å². The molecule has 2 N–H and O–H groups in total. The lowest BCUT2D eigenvalue weighted by molar-refractivity contribution is 0.968. The van der Waals surface area contributed by atoms with Crippen LogP contribution in [0.25, 0.3) is 0 Å². The smallest absolute Gasteiger partial charge is 0.0316 e. The molecule has 1 rings (SSSR count). The third-order valence-corrected chi connectivity index (χ3v) is 2.14. The molecule has 1 heteroatoms. The van der Waals surface area contributed by atoms with Crippen molar-refractivity contribution in [3.8, 4) is 0 Å². The van der Waals surface area contributed by atoms with E-state index in [0.29, 0.717) is 5.92 Å². The molecule has 1 unspecified atom stereocenters. The molecule has 0 aliphatic heterocycles. The quantitative estimate of drug-likeness (QED) is 0.568. The van der Waals surface area contributed by atoms with E-state index in [2.05, 4.69) is 25.1 Å². The van der Waals surface area contributed by atoms with Crippen LogP contribution in [0.1, 0.15) is 25.3 Å². The lowest BCUT2D eigenvalue weighted by Crippen LogP contribution is -1.91. The Morgan fingerprint density at radius 2 is 2.07 bits per heavy atom. The monoisotopic (exact) mass is 187 g/mol. The fraction of sp³-hybridized carbons (Fsp3) is 0.231. The predicted octanol–water partition coefficient (Wildman–Crippen LogP) is 3.50. The first-order valence-corrected chi connectivity index (χ1v) is 4.89. The highest BCUT2D eigenvalue weighted by molar-refractivity contribution is 5.42. The van der Waals surface area contributed by atoms with Crippen molar-refractivity contribution < 1.29 is 0 Å². The average molecular weight is 187 g/mol. The maximum absolute atomic E-state index is 5.71. The fourth-order valence-corrected chi connectivity index (χ4v) is 1.30. The Morgan fingerprint density at radius 1 is 1.29 bits per heavy atom. The number of hydrogen-bond donors (Lipinski definition) is 1. The summed E-state index contributed by atoms with van der Waals surface area (Å²) < 4.78 is 0. The molecule has 1 aromatic carbocycles. The van der Waals surface area contributed by atoms with Gasteiger partial charge in [-0.25, -0.2) is 0 Å². The van der Waals surface area contributed by atoms with E-state index in [-0.39, 0.29) is 0 Å². The van der Waals surface area contributed by atoms with Crippen molar-refractivity contribution >= 4 is 5.69 Å². The summed E-state index contributed by atoms with van der Waals surface area (Å²) in [6.07, 6.45) is 8.27. The standard InChI is InChI=1S/C13H17N/c1-3-4-5-7-11(2)12-8-6-9-13(14)10-12/h3-11H,14H2,1-2H3/b4-3-,7-5-. The van der Waals surface area contributed by atoms with E-state index in [1.165, 1.54) is 5.56 Å². The van der Waals surface area contributed by atoms with Crippen LogP contribution >= 0.6 is 0 Å². The maximum atomic E-state index is 5.71. The van der Waals surface area contributed by atoms with E-state index < -0.39 is 0 Å². The minimum Gasteiger partial charge on any atom is -0.399 e. The van der Waals surface area contributed by atoms with Crippen LogP contribution in [0.4, 0.5) is 5.69 Å². The lowest BCUT2D eigenvalue weighted by atomic mass is 10.0. The number of rotatable bonds is 3. The minimum atomic E-state index is 0.412. The van der Waals surface area contributed by atoms with Crippen LogP contribution in [-0.4, -0.2) is 0 Å². The molecule has 14 heavy (non-hydrogen) atoms. The highest BCUT2D eigenvalue weighted by atomic mass is 14.5. The molecule has 0 fully saturated rings. The first kappa shape index (κ1) is 10.6. The highest BCUT2D eigenvalue weighted by Gasteiger charge is 1.99. The summed E-state index contributed by atoms with van der Waals surface area (Å²) in [5.74, 6) is 0.412. The molecule has 74 valence electrons. The molecule has 0 bridgehead atoms. The van der Waals surface area contributed by atoms with Crippen molar-refractivity contribution in [3.05, 3.63) is 54.1 Å². The minimum absolute atomic E-state index is 0.412. The van der Waals surface area contributed by atoms with Crippen molar-refractivity contribution in [1.82, 2.24) is 0 Å². The summed E-state index contributed by atoms with van der Waals surface area (Å²) in [4.78, 5) is 0. The zero-order valence-electron chi connectivity index (χ0n) is 8.77. The van der Waals surface area contributed by atoms with Gasteiger partial charge < -0.3 is 5.73 Å². The summed E-state index contributed by atoms with van der Waals surface area (Å²) in [6.45, 7) is 4.17. The van der Waals surface area contributed by atoms with Crippen molar-refractivity contribution in [3.63, 3.8) is 0 Å². The van der Waals surface area contributed by atoms with E-state index in [9.17, 15) is 0 Å². The molecule has 0 aromatic heterocycles. The van der Waals surface area contributed by atoms with Gasteiger partial charge in [-0.3, -0.25) is 0 Å². The van der Waals surface area contributed by atoms with Crippen molar-refractivity contribution in [1.29, 1.82) is 0 Å². The van der Waals surface area contributed by atoms with Crippen LogP contribution in [0.2, 0.25) is 0 Å². The summed E-state index contributed by atoms with van der Waals surface area (Å²) in [6, 6.07) is 8.02. The second kappa shape index (κ2) is 5.28. The van der Waals surface area contributed by atoms with Crippen LogP contribution in [0.5, 0.6) is 0 Å². The Bertz CT molecular complexity index is 337. The van der Waals surface area contributed by atoms with Gasteiger partial charge in [0.2, 0.25) is 0 Å². The molecule has 0 saturated heterocycles. The Hall–Kier alpha value is -1.50. The van der Waals surface area contributed by atoms with Gasteiger partial charge in [0.1, 0.15) is 0 Å². The second-order valence-electron chi connectivity index (χ2n) is 3.37. The molecule has 0 amide bonds. The van der Waals surface area contributed by atoms with E-state index in [0.717, 1.165) is 5.69 Å². The van der Waals surface area contributed by atoms with E-state index in [1.54, 1.807) is 0 Å². The van der Waals surface area contributed by atoms with Gasteiger partial charge in [-0.1, -0.05) is 43.4 Å². The van der Waals surface area contributed by atoms with Crippen LogP contribution in [0.15, 0.2) is 48.6 Å². The summed E-state index contributed by atoms with van der Waals surface area (Å²) in [7, 11) is 0. The third-order valence-electron chi connectivity index (χ3n) is 2.14. The molecule has 0 radical (unpaired) electrons. The molecular weight excluding hydrogens is 170 g/mol. The van der Waals surface area contributed by atoms with Crippen LogP contribution in [0, 0.1) is 0 Å². The van der Waals surface area contributed by atoms with Gasteiger partial charge in [0.05, 0.1) is 0 Å². The van der Waals surface area contributed by atoms with Crippen molar-refractivity contribution in [2.24, 2.45) is 0 Å². The normalized spacial score (nSPS) is 13.9. The number of benzene rings is 1. The highest BCUT2D eigenvalue weighted by Crippen LogP contribution is 2.18. The molecule has 0 aliphatic carbocycles. The molecule has 0 saturated carbocycles. The Labute approximate surface area is 85.9 Å². The second-order valence-corrected chi connectivity index (χ2v) is 3.37. The van der Waals surface area contributed by atoms with Gasteiger partial charge in [-0.15, -0.1) is 0 Å². The Balaban J connectivity index is 2.74. The predicted molar refractivity (Wildman–Crippen MR) is 63.2 cm³/mol. The largest absolute Gasteiger partial charge is 0.399 e. The van der Waals surface area contributed by atoms with Gasteiger partial charge in [0.25, 0.3) is 0 Å². The maximum Gasteiger partial charge on any atom is 0.0316 e. The summed E-state index contributed by atoms with van der Waals surface area (Å²) >= 11 is 0. The molecule has 0 spiro atoms. The molecule has 1 atom stereocenters. The molecule has 1 aromatic rings. The average Bonchev–Trinajstić information content (AvgIpc) is 2.18. The lowest BCUT2D eigenvalue weighted by Gasteiger charge is -2.06. The first-order chi connectivity index (χ1) is 6.74. The van der Waals surface area contributed by atoms with Gasteiger partial charge >= 0.3 is 0 Å². The molecule has 0 aliphatic rings. The van der Waals surface area contributed by atoms with Gasteiger partial charge in [0, 0.05) is 5.69 Å². The van der Waals surface area contributed by atoms with Crippen LogP contribution in [-0.2, 0) is 0 Å². The fourth-order valence-electron chi connectivity index (χ4n) is 1.30. The number of hydrogen-bond acceptors (Lipinski definition) is 1. The topological polar surface area (TPSA) is 26.0 Å². The van der Waals surface area contributed by atoms with E-state index >= 15 is 0 Å². The zero-order chi connectivity index (χ0) is 10.4. The number of nitrogen functional groups attached to an aromatic ring is 1. The van der Waals surface area contributed by atoms with Gasteiger partial charge in [0.15, 0.2) is 0 Å². The third kappa shape index (κ3) is 3.09. The van der Waals surface area contributed by atoms with Gasteiger partial charge in [-0.2, -0.15) is 0 Å². The number of anilines is 1. The number of allylic oxidation sites excluding steroid dienone is 4. The Morgan fingerprint density at radius 3 is 2.71 bits per heavy atom. The number of nitrogens with two attached hydrogens (primary N) is 1. The molecule has 1 nitrogen and oxygen atoms in total. The summed E-state index contributed by atoms with van der Waals surface area (Å²) in [5, 5.41) is 0. The SMILES string of the molecule is C/C=C\C=C/C(C)c1cccc(N)c1.